The molecule has 3 N–H and O–H groups in total. The molecule has 0 saturated carbocycles. The average molecular weight is 355 g/mol. The lowest BCUT2D eigenvalue weighted by Gasteiger charge is -2.32. The van der Waals surface area contributed by atoms with Crippen LogP contribution < -0.4 is 15.6 Å². The molecule has 0 radical (unpaired) electrons. The SMILES string of the molecule is Cc1[nH+]c(NCCNC(=O)c2ccco2)c(C#N)c2c1COC(C)(C)C2. The summed E-state index contributed by atoms with van der Waals surface area (Å²) in [5.41, 5.74) is 3.39. The summed E-state index contributed by atoms with van der Waals surface area (Å²) in [6.07, 6.45) is 2.15. The lowest BCUT2D eigenvalue weighted by molar-refractivity contribution is -0.373. The van der Waals surface area contributed by atoms with Crippen molar-refractivity contribution in [2.75, 3.05) is 18.4 Å². The number of hydrogen-bond donors (Lipinski definition) is 2. The first-order chi connectivity index (χ1) is 12.4. The van der Waals surface area contributed by atoms with Gasteiger partial charge in [-0.2, -0.15) is 5.26 Å². The molecule has 0 spiro atoms. The van der Waals surface area contributed by atoms with Gasteiger partial charge in [0.15, 0.2) is 5.76 Å². The average Bonchev–Trinajstić information content (AvgIpc) is 3.12. The number of rotatable bonds is 5. The number of carbonyl (C=O) groups excluding carboxylic acids is 1. The predicted octanol–water partition coefficient (Wildman–Crippen LogP) is 1.97. The highest BCUT2D eigenvalue weighted by atomic mass is 16.5. The van der Waals surface area contributed by atoms with E-state index >= 15 is 0 Å². The van der Waals surface area contributed by atoms with Gasteiger partial charge >= 0.3 is 0 Å². The van der Waals surface area contributed by atoms with Gasteiger partial charge in [-0.15, -0.1) is 0 Å². The Balaban J connectivity index is 1.69. The molecule has 26 heavy (non-hydrogen) atoms. The molecule has 1 aliphatic heterocycles. The first-order valence-corrected chi connectivity index (χ1v) is 8.58. The normalized spacial score (nSPS) is 15.0. The number of aromatic amines is 1. The highest BCUT2D eigenvalue weighted by Gasteiger charge is 2.32. The van der Waals surface area contributed by atoms with E-state index in [4.69, 9.17) is 9.15 Å². The van der Waals surface area contributed by atoms with Crippen molar-refractivity contribution >= 4 is 11.7 Å². The number of aromatic nitrogens is 1. The van der Waals surface area contributed by atoms with Gasteiger partial charge in [-0.25, -0.2) is 4.98 Å². The largest absolute Gasteiger partial charge is 0.459 e. The van der Waals surface area contributed by atoms with E-state index < -0.39 is 0 Å². The number of nitriles is 1. The van der Waals surface area contributed by atoms with Gasteiger partial charge < -0.3 is 14.5 Å². The number of H-pyrrole nitrogens is 1. The van der Waals surface area contributed by atoms with Crippen LogP contribution in [0.15, 0.2) is 22.8 Å². The maximum Gasteiger partial charge on any atom is 0.290 e. The minimum absolute atomic E-state index is 0.262. The van der Waals surface area contributed by atoms with Gasteiger partial charge in [0.05, 0.1) is 25.0 Å². The van der Waals surface area contributed by atoms with Crippen molar-refractivity contribution in [2.24, 2.45) is 0 Å². The van der Waals surface area contributed by atoms with E-state index in [1.807, 2.05) is 20.8 Å². The number of nitrogens with one attached hydrogen (secondary N) is 3. The third-order valence-corrected chi connectivity index (χ3v) is 4.46. The van der Waals surface area contributed by atoms with Gasteiger partial charge in [0, 0.05) is 12.0 Å². The summed E-state index contributed by atoms with van der Waals surface area (Å²) in [6, 6.07) is 5.59. The maximum atomic E-state index is 11.9. The molecule has 0 aromatic carbocycles. The fraction of sp³-hybridized carbons (Fsp3) is 0.421. The molecule has 3 rings (SSSR count). The molecule has 0 unspecified atom stereocenters. The van der Waals surface area contributed by atoms with Crippen LogP contribution in [0.3, 0.4) is 0 Å². The first kappa shape index (κ1) is 18.0. The number of pyridine rings is 1. The van der Waals surface area contributed by atoms with Crippen molar-refractivity contribution in [2.45, 2.75) is 39.4 Å². The Morgan fingerprint density at radius 3 is 2.88 bits per heavy atom. The second-order valence-electron chi connectivity index (χ2n) is 6.95. The Kier molecular flexibility index (Phi) is 4.96. The van der Waals surface area contributed by atoms with Gasteiger partial charge in [0.25, 0.3) is 11.7 Å². The number of anilines is 1. The number of ether oxygens (including phenoxy) is 1. The fourth-order valence-corrected chi connectivity index (χ4v) is 3.10. The molecule has 0 aliphatic carbocycles. The van der Waals surface area contributed by atoms with Crippen molar-refractivity contribution in [1.82, 2.24) is 5.32 Å². The molecule has 0 atom stereocenters. The molecule has 2 aromatic heterocycles. The molecule has 1 aliphatic rings. The number of aryl methyl sites for hydroxylation is 1. The molecule has 7 nitrogen and oxygen atoms in total. The van der Waals surface area contributed by atoms with Crippen LogP contribution >= 0.6 is 0 Å². The van der Waals surface area contributed by atoms with Crippen LogP contribution in [-0.2, 0) is 17.8 Å². The van der Waals surface area contributed by atoms with E-state index in [9.17, 15) is 10.1 Å². The Morgan fingerprint density at radius 2 is 2.19 bits per heavy atom. The van der Waals surface area contributed by atoms with Gasteiger partial charge in [-0.3, -0.25) is 10.1 Å². The Bertz CT molecular complexity index is 851. The first-order valence-electron chi connectivity index (χ1n) is 8.58. The summed E-state index contributed by atoms with van der Waals surface area (Å²) in [4.78, 5) is 15.1. The summed E-state index contributed by atoms with van der Waals surface area (Å²) in [7, 11) is 0. The number of fused-ring (bicyclic) bond motifs is 1. The van der Waals surface area contributed by atoms with Crippen LogP contribution in [0.4, 0.5) is 5.82 Å². The van der Waals surface area contributed by atoms with Crippen LogP contribution in [0.25, 0.3) is 0 Å². The fourth-order valence-electron chi connectivity index (χ4n) is 3.10. The zero-order chi connectivity index (χ0) is 18.7. The maximum absolute atomic E-state index is 11.9. The van der Waals surface area contributed by atoms with E-state index in [0.29, 0.717) is 37.5 Å². The van der Waals surface area contributed by atoms with Gasteiger partial charge in [-0.05, 0) is 38.5 Å². The number of furan rings is 1. The van der Waals surface area contributed by atoms with Gasteiger partial charge in [0.2, 0.25) is 0 Å². The second-order valence-corrected chi connectivity index (χ2v) is 6.95. The summed E-state index contributed by atoms with van der Waals surface area (Å²) in [5, 5.41) is 15.7. The molecule has 7 heteroatoms. The molecule has 0 saturated heterocycles. The summed E-state index contributed by atoms with van der Waals surface area (Å²) < 4.78 is 10.9. The topological polar surface area (TPSA) is 101 Å². The number of carbonyl (C=O) groups is 1. The highest BCUT2D eigenvalue weighted by Crippen LogP contribution is 2.32. The zero-order valence-electron chi connectivity index (χ0n) is 15.2. The lowest BCUT2D eigenvalue weighted by atomic mass is 9.88. The van der Waals surface area contributed by atoms with Gasteiger partial charge in [0.1, 0.15) is 23.9 Å². The van der Waals surface area contributed by atoms with Crippen LogP contribution in [0.2, 0.25) is 0 Å². The van der Waals surface area contributed by atoms with E-state index in [-0.39, 0.29) is 17.3 Å². The van der Waals surface area contributed by atoms with Crippen molar-refractivity contribution < 1.29 is 18.9 Å². The van der Waals surface area contributed by atoms with Crippen LogP contribution in [0.5, 0.6) is 0 Å². The van der Waals surface area contributed by atoms with E-state index in [1.165, 1.54) is 6.26 Å². The zero-order valence-corrected chi connectivity index (χ0v) is 15.2. The Morgan fingerprint density at radius 1 is 1.38 bits per heavy atom. The molecule has 0 bridgehead atoms. The van der Waals surface area contributed by atoms with E-state index in [1.54, 1.807) is 12.1 Å². The molecule has 1 amide bonds. The van der Waals surface area contributed by atoms with Crippen LogP contribution in [0, 0.1) is 18.3 Å². The van der Waals surface area contributed by atoms with E-state index in [0.717, 1.165) is 16.8 Å². The molecule has 0 fully saturated rings. The Labute approximate surface area is 152 Å². The monoisotopic (exact) mass is 355 g/mol. The van der Waals surface area contributed by atoms with Crippen molar-refractivity contribution in [3.8, 4) is 6.07 Å². The summed E-state index contributed by atoms with van der Waals surface area (Å²) >= 11 is 0. The standard InChI is InChI=1S/C19H22N4O3/c1-12-15-11-26-19(2,3)9-13(15)14(10-20)17(23-12)21-6-7-22-18(24)16-5-4-8-25-16/h4-5,8H,6-7,9,11H2,1-3H3,(H,21,23)(H,22,24)/p+1. The predicted molar refractivity (Wildman–Crippen MR) is 94.6 cm³/mol. The summed E-state index contributed by atoms with van der Waals surface area (Å²) in [6.45, 7) is 7.42. The summed E-state index contributed by atoms with van der Waals surface area (Å²) in [5.74, 6) is 0.691. The van der Waals surface area contributed by atoms with E-state index in [2.05, 4.69) is 21.7 Å². The molecular weight excluding hydrogens is 332 g/mol. The minimum Gasteiger partial charge on any atom is -0.459 e. The van der Waals surface area contributed by atoms with Crippen molar-refractivity contribution in [3.05, 3.63) is 46.5 Å². The number of nitrogens with zero attached hydrogens (tertiary/aromatic N) is 1. The minimum atomic E-state index is -0.291. The molecule has 3 heterocycles. The molecule has 136 valence electrons. The molecule has 2 aromatic rings. The Hall–Kier alpha value is -2.85. The lowest BCUT2D eigenvalue weighted by Crippen LogP contribution is -2.36. The quantitative estimate of drug-likeness (QED) is 0.799. The number of hydrogen-bond acceptors (Lipinski definition) is 5. The van der Waals surface area contributed by atoms with Crippen LogP contribution in [0.1, 0.15) is 46.8 Å². The highest BCUT2D eigenvalue weighted by molar-refractivity contribution is 5.91. The van der Waals surface area contributed by atoms with Crippen molar-refractivity contribution in [1.29, 1.82) is 5.26 Å². The van der Waals surface area contributed by atoms with Gasteiger partial charge in [-0.1, -0.05) is 0 Å². The third-order valence-electron chi connectivity index (χ3n) is 4.46. The van der Waals surface area contributed by atoms with Crippen LogP contribution in [-0.4, -0.2) is 24.6 Å². The number of amides is 1. The van der Waals surface area contributed by atoms with Crippen molar-refractivity contribution in [3.63, 3.8) is 0 Å². The third kappa shape index (κ3) is 3.70. The molecular formula is C19H23N4O3+. The smallest absolute Gasteiger partial charge is 0.290 e. The second kappa shape index (κ2) is 7.18.